The number of rotatable bonds is 40. The zero-order valence-electron chi connectivity index (χ0n) is 65.7. The minimum absolute atomic E-state index is 0.00554. The number of carbonyl (C=O) groups excluding carboxylic acids is 12. The third-order valence-corrected chi connectivity index (χ3v) is 20.9. The van der Waals surface area contributed by atoms with Gasteiger partial charge in [0, 0.05) is 65.2 Å². The first kappa shape index (κ1) is 94.5. The molecule has 0 saturated carbocycles. The molecule has 34 nitrogen and oxygen atoms in total. The number of benzene rings is 2. The first-order valence-electron chi connectivity index (χ1n) is 39.1. The van der Waals surface area contributed by atoms with Crippen molar-refractivity contribution in [3.8, 4) is 5.75 Å². The minimum atomic E-state index is -2.36. The number of nitrogens with two attached hydrogens (primary N) is 1. The fraction of sp³-hybridized carbons (Fsp3) is 0.688. The monoisotopic (exact) mass is 1600 g/mol. The molecule has 3 aliphatic heterocycles. The Morgan fingerprint density at radius 2 is 1.27 bits per heavy atom. The maximum Gasteiger partial charge on any atom is 0.248 e. The molecule has 12 amide bonds. The number of aromatic hydroxyl groups is 1. The Morgan fingerprint density at radius 1 is 0.634 bits per heavy atom. The normalized spacial score (nSPS) is 24.0. The Bertz CT molecular complexity index is 3370. The number of ether oxygens (including phenoxy) is 1. The summed E-state index contributed by atoms with van der Waals surface area (Å²) in [5.41, 5.74) is 6.40. The van der Waals surface area contributed by atoms with E-state index in [0.717, 1.165) is 73.8 Å². The molecule has 3 fully saturated rings. The third kappa shape index (κ3) is 30.7. The molecule has 35 heteroatoms. The van der Waals surface area contributed by atoms with Gasteiger partial charge in [0.25, 0.3) is 0 Å². The molecule has 2 aromatic carbocycles. The molecule has 112 heavy (non-hydrogen) atoms. The molecule has 0 aliphatic carbocycles. The van der Waals surface area contributed by atoms with Gasteiger partial charge >= 0.3 is 0 Å². The first-order valence-corrected chi connectivity index (χ1v) is 40.5. The van der Waals surface area contributed by atoms with E-state index in [2.05, 4.69) is 73.9 Å². The smallest absolute Gasteiger partial charge is 0.248 e. The zero-order chi connectivity index (χ0) is 82.9. The van der Waals surface area contributed by atoms with Crippen LogP contribution < -0.4 is 58.9 Å². The minimum Gasteiger partial charge on any atom is -0.508 e. The van der Waals surface area contributed by atoms with Crippen LogP contribution in [0.25, 0.3) is 0 Å². The van der Waals surface area contributed by atoms with Crippen LogP contribution in [0.2, 0.25) is 0 Å². The van der Waals surface area contributed by atoms with Gasteiger partial charge in [-0.25, -0.2) is 0 Å². The van der Waals surface area contributed by atoms with Crippen LogP contribution in [0, 0.1) is 17.8 Å². The van der Waals surface area contributed by atoms with Gasteiger partial charge in [0.1, 0.15) is 78.4 Å². The van der Waals surface area contributed by atoms with Gasteiger partial charge in [-0.15, -0.1) is 0 Å². The largest absolute Gasteiger partial charge is 0.508 e. The molecule has 2 aromatic rings. The van der Waals surface area contributed by atoms with E-state index < -0.39 is 213 Å². The number of phenolic OH excluding ortho intramolecular Hbond substituents is 1. The summed E-state index contributed by atoms with van der Waals surface area (Å²) in [6, 6.07) is -1.88. The molecule has 3 heterocycles. The highest BCUT2D eigenvalue weighted by molar-refractivity contribution is 7.98. The molecule has 3 saturated heterocycles. The highest BCUT2D eigenvalue weighted by atomic mass is 32.2. The maximum absolute atomic E-state index is 15.0. The summed E-state index contributed by atoms with van der Waals surface area (Å²) in [4.78, 5) is 172. The summed E-state index contributed by atoms with van der Waals surface area (Å²) in [5.74, 6) is -9.97. The molecule has 5 rings (SSSR count). The Labute approximate surface area is 659 Å². The Morgan fingerprint density at radius 3 is 1.91 bits per heavy atom. The van der Waals surface area contributed by atoms with Gasteiger partial charge in [-0.3, -0.25) is 57.5 Å². The molecule has 0 unspecified atom stereocenters. The van der Waals surface area contributed by atoms with Crippen LogP contribution in [0.1, 0.15) is 175 Å². The summed E-state index contributed by atoms with van der Waals surface area (Å²) in [6.07, 6.45) is -7.67. The van der Waals surface area contributed by atoms with E-state index in [4.69, 9.17) is 10.5 Å². The number of aliphatic hydroxyl groups is 7. The van der Waals surface area contributed by atoms with E-state index in [-0.39, 0.29) is 75.4 Å². The van der Waals surface area contributed by atoms with Crippen molar-refractivity contribution >= 4 is 82.6 Å². The lowest BCUT2D eigenvalue weighted by molar-refractivity contribution is -0.150. The van der Waals surface area contributed by atoms with Crippen molar-refractivity contribution in [2.45, 2.75) is 267 Å². The molecule has 3 aliphatic rings. The van der Waals surface area contributed by atoms with Gasteiger partial charge in [0.2, 0.25) is 70.9 Å². The van der Waals surface area contributed by atoms with E-state index in [1.54, 1.807) is 30.3 Å². The second-order valence-corrected chi connectivity index (χ2v) is 31.2. The number of amides is 12. The van der Waals surface area contributed by atoms with Crippen molar-refractivity contribution in [3.05, 3.63) is 65.7 Å². The van der Waals surface area contributed by atoms with Crippen LogP contribution in [-0.2, 0) is 68.7 Å². The van der Waals surface area contributed by atoms with E-state index >= 15 is 4.79 Å². The number of fused-ring (bicyclic) bond motifs is 2. The second kappa shape index (κ2) is 48.2. The van der Waals surface area contributed by atoms with Gasteiger partial charge in [0.05, 0.1) is 31.0 Å². The predicted molar refractivity (Wildman–Crippen MR) is 414 cm³/mol. The number of carbonyl (C=O) groups is 12. The molecule has 0 aromatic heterocycles. The van der Waals surface area contributed by atoms with Gasteiger partial charge < -0.3 is 114 Å². The van der Waals surface area contributed by atoms with E-state index in [9.17, 15) is 93.6 Å². The number of hydrogen-bond donors (Lipinski definition) is 19. The molecular formula is C77H123N13O21S. The van der Waals surface area contributed by atoms with Crippen LogP contribution in [0.3, 0.4) is 0 Å². The van der Waals surface area contributed by atoms with Crippen LogP contribution in [0.15, 0.2) is 54.6 Å². The fourth-order valence-corrected chi connectivity index (χ4v) is 14.4. The Hall–Kier alpha value is -8.13. The van der Waals surface area contributed by atoms with E-state index in [1.807, 2.05) is 20.1 Å². The van der Waals surface area contributed by atoms with Crippen molar-refractivity contribution in [2.75, 3.05) is 51.3 Å². The lowest BCUT2D eigenvalue weighted by Gasteiger charge is -2.35. The summed E-state index contributed by atoms with van der Waals surface area (Å²) < 4.78 is 6.07. The molecular weight excluding hydrogens is 1470 g/mol. The van der Waals surface area contributed by atoms with Gasteiger partial charge in [0.15, 0.2) is 6.23 Å². The van der Waals surface area contributed by atoms with Crippen molar-refractivity contribution in [3.63, 3.8) is 0 Å². The third-order valence-electron chi connectivity index (χ3n) is 20.3. The van der Waals surface area contributed by atoms with Crippen LogP contribution in [0.4, 0.5) is 0 Å². The summed E-state index contributed by atoms with van der Waals surface area (Å²) in [5, 5.41) is 117. The molecule has 19 atom stereocenters. The predicted octanol–water partition coefficient (Wildman–Crippen LogP) is -1.70. The van der Waals surface area contributed by atoms with Gasteiger partial charge in [-0.2, -0.15) is 11.8 Å². The number of thioether (sulfide) groups is 1. The lowest BCUT2D eigenvalue weighted by Crippen LogP contribution is -2.64. The van der Waals surface area contributed by atoms with Crippen molar-refractivity contribution in [1.29, 1.82) is 0 Å². The van der Waals surface area contributed by atoms with E-state index in [0.29, 0.717) is 36.0 Å². The molecule has 20 N–H and O–H groups in total. The first-order chi connectivity index (χ1) is 53.2. The SMILES string of the molecule is CC[C@H](C)C[C@H](C)CCCCCCCCC(=O)N[C@H]1C[C@@H](O)[C@@H](OCCNC(=O)CCNC(=O)[C@H](Cc2ccccc2)NC(=O)[C@H](CC(C)C)NC(=O)[C@H](CCSC)NC(C)=O)NC(=O)[C@@H]2[C@@H](O)CCN2C(=O)[C@H]([C@H](O)CCN)NC(=O)[C@H]([C@H](O)[C@@H](O)c2ccc(O)cc2)NC(=O)[C@@H]2C[C@@H](O)CN2C(=O)[C@H]([C@@H](C)O)NC1=O. The van der Waals surface area contributed by atoms with Crippen molar-refractivity contribution in [1.82, 2.24) is 63.0 Å². The maximum atomic E-state index is 15.0. The highest BCUT2D eigenvalue weighted by Crippen LogP contribution is 2.28. The molecule has 628 valence electrons. The van der Waals surface area contributed by atoms with Crippen LogP contribution in [-0.4, -0.2) is 270 Å². The van der Waals surface area contributed by atoms with Crippen molar-refractivity contribution < 1.29 is 103 Å². The standard InChI is InChI=1S/C77H123N13O21S/c1-9-44(4)38-45(5)19-15-12-10-11-13-18-22-61(99)82-55-41-59(97)75(111-35-33-79-60(98)28-32-80-68(102)54(39-48-20-16-14-17-21-48)84-70(104)53(37-43(2)3)83-69(103)52(30-36-112-8)81-47(7)92)88-74(108)65-58(96)29-34-89(65)77(110)63(57(95)27-31-78)86-73(107)64(67(101)66(100)49-23-25-50(93)26-24-49)87-72(106)56-40-51(94)42-90(56)76(109)62(46(6)91)85-71(55)105/h14,16-17,20-21,23-26,43-46,51-59,62-67,75,91,93-97,100-101H,9-13,15,18-19,22,27-42,78H2,1-8H3,(H,79,98)(H,80,102)(H,81,92)(H,82,99)(H,83,103)(H,84,104)(H,85,105)(H,86,107)(H,87,106)(H,88,108)/t44-,45+,46+,51+,52-,53-,54-,55-,56-,57+,58-,59+,62-,63-,64-,65-,66-,67-,75+/m0/s1. The number of nitrogens with one attached hydrogen (secondary N) is 10. The number of aliphatic hydroxyl groups excluding tert-OH is 7. The Kier molecular flexibility index (Phi) is 40.6. The van der Waals surface area contributed by atoms with E-state index in [1.165, 1.54) is 30.8 Å². The van der Waals surface area contributed by atoms with Gasteiger partial charge in [-0.05, 0) is 105 Å². The molecule has 0 radical (unpaired) electrons. The number of nitrogens with zero attached hydrogens (tertiary/aromatic N) is 2. The second-order valence-electron chi connectivity index (χ2n) is 30.2. The highest BCUT2D eigenvalue weighted by Gasteiger charge is 2.49. The lowest BCUT2D eigenvalue weighted by atomic mass is 9.91. The number of phenols is 1. The number of unbranched alkanes of at least 4 members (excludes halogenated alkanes) is 5. The summed E-state index contributed by atoms with van der Waals surface area (Å²) in [6.45, 7) is 10.1. The fourth-order valence-electron chi connectivity index (χ4n) is 13.9. The van der Waals surface area contributed by atoms with Crippen molar-refractivity contribution in [2.24, 2.45) is 23.5 Å². The van der Waals surface area contributed by atoms with Gasteiger partial charge in [-0.1, -0.05) is 122 Å². The topological polar surface area (TPSA) is 529 Å². The Balaban J connectivity index is 1.46. The summed E-state index contributed by atoms with van der Waals surface area (Å²) in [7, 11) is 0. The molecule has 0 spiro atoms. The van der Waals surface area contributed by atoms with Crippen LogP contribution in [0.5, 0.6) is 5.75 Å². The number of hydrogen-bond acceptors (Lipinski definition) is 23. The van der Waals surface area contributed by atoms with Crippen LogP contribution >= 0.6 is 11.8 Å². The molecule has 0 bridgehead atoms. The zero-order valence-corrected chi connectivity index (χ0v) is 66.5. The average Bonchev–Trinajstić information content (AvgIpc) is 1.63. The quantitative estimate of drug-likeness (QED) is 0.0331. The average molecular weight is 1600 g/mol. The summed E-state index contributed by atoms with van der Waals surface area (Å²) >= 11 is 1.47.